The lowest BCUT2D eigenvalue weighted by Gasteiger charge is -2.07. The van der Waals surface area contributed by atoms with Crippen molar-refractivity contribution in [3.63, 3.8) is 0 Å². The van der Waals surface area contributed by atoms with Crippen LogP contribution >= 0.6 is 0 Å². The van der Waals surface area contributed by atoms with E-state index in [1.165, 1.54) is 24.3 Å². The van der Waals surface area contributed by atoms with Crippen LogP contribution in [-0.4, -0.2) is 18.1 Å². The Hall–Kier alpha value is -1.53. The third kappa shape index (κ3) is 3.61. The zero-order valence-corrected chi connectivity index (χ0v) is 8.57. The summed E-state index contributed by atoms with van der Waals surface area (Å²) < 4.78 is 33.8. The Labute approximate surface area is 87.6 Å². The molecule has 0 fully saturated rings. The highest BCUT2D eigenvalue weighted by Gasteiger charge is 2.11. The largest absolute Gasteiger partial charge is 0.508 e. The van der Waals surface area contributed by atoms with Crippen molar-refractivity contribution in [2.24, 2.45) is 0 Å². The first-order chi connectivity index (χ1) is 6.92. The molecule has 0 saturated carbocycles. The molecule has 0 atom stereocenters. The summed E-state index contributed by atoms with van der Waals surface area (Å²) in [6.45, 7) is 3.47. The molecule has 1 rings (SSSR count). The summed E-state index contributed by atoms with van der Waals surface area (Å²) >= 11 is 0. The number of phenols is 1. The van der Waals surface area contributed by atoms with Crippen molar-refractivity contribution in [3.8, 4) is 11.5 Å². The van der Waals surface area contributed by atoms with E-state index < -0.39 is 10.4 Å². The van der Waals surface area contributed by atoms with Gasteiger partial charge < -0.3 is 9.29 Å². The van der Waals surface area contributed by atoms with Crippen molar-refractivity contribution < 1.29 is 22.3 Å². The van der Waals surface area contributed by atoms with Gasteiger partial charge in [0, 0.05) is 5.56 Å². The number of benzene rings is 1. The van der Waals surface area contributed by atoms with Gasteiger partial charge in [-0.05, 0) is 24.6 Å². The summed E-state index contributed by atoms with van der Waals surface area (Å²) in [5.74, 6) is -0.0512. The van der Waals surface area contributed by atoms with Gasteiger partial charge in [-0.25, -0.2) is 0 Å². The van der Waals surface area contributed by atoms with E-state index in [-0.39, 0.29) is 11.5 Å². The second kappa shape index (κ2) is 4.33. The molecule has 0 amide bonds. The standard InChI is InChI=1S/C9H10O5S/c1-2-3-7-6-8(10)4-5-9(7)14-15(11,12)13/h2,4-6,10H,1,3H2,(H,11,12,13). The van der Waals surface area contributed by atoms with Gasteiger partial charge in [0.1, 0.15) is 11.5 Å². The molecule has 1 aromatic carbocycles. The Kier molecular flexibility index (Phi) is 3.33. The molecule has 6 heteroatoms. The average Bonchev–Trinajstić information content (AvgIpc) is 2.08. The Morgan fingerprint density at radius 3 is 2.67 bits per heavy atom. The topological polar surface area (TPSA) is 83.8 Å². The van der Waals surface area contributed by atoms with Crippen LogP contribution in [0, 0.1) is 0 Å². The van der Waals surface area contributed by atoms with Crippen LogP contribution in [0.25, 0.3) is 0 Å². The van der Waals surface area contributed by atoms with E-state index in [0.29, 0.717) is 12.0 Å². The summed E-state index contributed by atoms with van der Waals surface area (Å²) in [6, 6.07) is 3.84. The first kappa shape index (κ1) is 11.5. The molecule has 0 aliphatic carbocycles. The minimum atomic E-state index is -4.55. The SMILES string of the molecule is C=CCc1cc(O)ccc1OS(=O)(=O)O. The third-order valence-corrected chi connectivity index (χ3v) is 1.99. The normalized spacial score (nSPS) is 11.0. The summed E-state index contributed by atoms with van der Waals surface area (Å²) in [5, 5.41) is 9.16. The first-order valence-electron chi connectivity index (χ1n) is 4.02. The maximum absolute atomic E-state index is 10.5. The molecule has 2 N–H and O–H groups in total. The fourth-order valence-electron chi connectivity index (χ4n) is 1.08. The molecule has 5 nitrogen and oxygen atoms in total. The van der Waals surface area contributed by atoms with E-state index in [1.807, 2.05) is 0 Å². The molecule has 82 valence electrons. The molecule has 0 heterocycles. The molecule has 0 radical (unpaired) electrons. The Balaban J connectivity index is 3.11. The van der Waals surface area contributed by atoms with Crippen molar-refractivity contribution >= 4 is 10.4 Å². The predicted octanol–water partition coefficient (Wildman–Crippen LogP) is 1.30. The molecule has 15 heavy (non-hydrogen) atoms. The number of phenolic OH excluding ortho intramolecular Hbond substituents is 1. The lowest BCUT2D eigenvalue weighted by Crippen LogP contribution is -2.08. The molecule has 1 aromatic rings. The maximum Gasteiger partial charge on any atom is 0.446 e. The van der Waals surface area contributed by atoms with E-state index >= 15 is 0 Å². The number of rotatable bonds is 4. The minimum Gasteiger partial charge on any atom is -0.508 e. The van der Waals surface area contributed by atoms with Crippen LogP contribution in [0.5, 0.6) is 11.5 Å². The van der Waals surface area contributed by atoms with Crippen molar-refractivity contribution in [2.75, 3.05) is 0 Å². The van der Waals surface area contributed by atoms with E-state index in [1.54, 1.807) is 0 Å². The summed E-state index contributed by atoms with van der Waals surface area (Å²) in [4.78, 5) is 0. The Bertz CT molecular complexity index is 463. The number of aromatic hydroxyl groups is 1. The second-order valence-electron chi connectivity index (χ2n) is 2.80. The third-order valence-electron chi connectivity index (χ3n) is 1.60. The van der Waals surface area contributed by atoms with Gasteiger partial charge in [0.2, 0.25) is 0 Å². The lowest BCUT2D eigenvalue weighted by molar-refractivity contribution is 0.384. The zero-order valence-electron chi connectivity index (χ0n) is 7.75. The van der Waals surface area contributed by atoms with Crippen molar-refractivity contribution in [1.82, 2.24) is 0 Å². The molecule has 0 aliphatic heterocycles. The monoisotopic (exact) mass is 230 g/mol. The molecular formula is C9H10O5S. The summed E-state index contributed by atoms with van der Waals surface area (Å²) in [7, 11) is -4.55. The molecule has 0 aromatic heterocycles. The van der Waals surface area contributed by atoms with Crippen LogP contribution in [-0.2, 0) is 16.8 Å². The van der Waals surface area contributed by atoms with Crippen molar-refractivity contribution in [1.29, 1.82) is 0 Å². The van der Waals surface area contributed by atoms with Crippen LogP contribution in [0.3, 0.4) is 0 Å². The fraction of sp³-hybridized carbons (Fsp3) is 0.111. The first-order valence-corrected chi connectivity index (χ1v) is 5.38. The number of allylic oxidation sites excluding steroid dienone is 1. The van der Waals surface area contributed by atoms with Crippen LogP contribution in [0.4, 0.5) is 0 Å². The number of hydrogen-bond acceptors (Lipinski definition) is 4. The van der Waals surface area contributed by atoms with Crippen LogP contribution in [0.15, 0.2) is 30.9 Å². The van der Waals surface area contributed by atoms with Gasteiger partial charge >= 0.3 is 10.4 Å². The molecule has 0 saturated heterocycles. The minimum absolute atomic E-state index is 0.0189. The van der Waals surface area contributed by atoms with E-state index in [9.17, 15) is 8.42 Å². The molecular weight excluding hydrogens is 220 g/mol. The van der Waals surface area contributed by atoms with E-state index in [2.05, 4.69) is 10.8 Å². The van der Waals surface area contributed by atoms with Crippen molar-refractivity contribution in [3.05, 3.63) is 36.4 Å². The smallest absolute Gasteiger partial charge is 0.446 e. The van der Waals surface area contributed by atoms with Gasteiger partial charge in [-0.15, -0.1) is 6.58 Å². The Morgan fingerprint density at radius 1 is 1.47 bits per heavy atom. The van der Waals surface area contributed by atoms with Gasteiger partial charge in [0.25, 0.3) is 0 Å². The summed E-state index contributed by atoms with van der Waals surface area (Å²) in [5.41, 5.74) is 0.419. The van der Waals surface area contributed by atoms with Crippen LogP contribution in [0.2, 0.25) is 0 Å². The Morgan fingerprint density at radius 2 is 2.13 bits per heavy atom. The van der Waals surface area contributed by atoms with Gasteiger partial charge in [-0.2, -0.15) is 8.42 Å². The average molecular weight is 230 g/mol. The van der Waals surface area contributed by atoms with Crippen LogP contribution in [0.1, 0.15) is 5.56 Å². The second-order valence-corrected chi connectivity index (χ2v) is 3.82. The highest BCUT2D eigenvalue weighted by Crippen LogP contribution is 2.25. The van der Waals surface area contributed by atoms with Crippen LogP contribution < -0.4 is 4.18 Å². The van der Waals surface area contributed by atoms with Crippen molar-refractivity contribution in [2.45, 2.75) is 6.42 Å². The molecule has 0 unspecified atom stereocenters. The lowest BCUT2D eigenvalue weighted by atomic mass is 10.1. The van der Waals surface area contributed by atoms with E-state index in [0.717, 1.165) is 0 Å². The molecule has 0 bridgehead atoms. The van der Waals surface area contributed by atoms with Gasteiger partial charge in [0.15, 0.2) is 0 Å². The van der Waals surface area contributed by atoms with Gasteiger partial charge in [-0.3, -0.25) is 4.55 Å². The summed E-state index contributed by atoms with van der Waals surface area (Å²) in [6.07, 6.45) is 1.84. The highest BCUT2D eigenvalue weighted by atomic mass is 32.3. The zero-order chi connectivity index (χ0) is 11.5. The van der Waals surface area contributed by atoms with Gasteiger partial charge in [0.05, 0.1) is 0 Å². The quantitative estimate of drug-likeness (QED) is 0.601. The van der Waals surface area contributed by atoms with E-state index in [4.69, 9.17) is 9.66 Å². The maximum atomic E-state index is 10.5. The number of hydrogen-bond donors (Lipinski definition) is 2. The predicted molar refractivity (Wildman–Crippen MR) is 54.2 cm³/mol. The highest BCUT2D eigenvalue weighted by molar-refractivity contribution is 7.81. The molecule has 0 spiro atoms. The fourth-order valence-corrected chi connectivity index (χ4v) is 1.47. The molecule has 0 aliphatic rings. The van der Waals surface area contributed by atoms with Gasteiger partial charge in [-0.1, -0.05) is 6.08 Å².